The van der Waals surface area contributed by atoms with E-state index < -0.39 is 5.91 Å². The van der Waals surface area contributed by atoms with Gasteiger partial charge in [0.2, 0.25) is 0 Å². The molecule has 2 N–H and O–H groups in total. The summed E-state index contributed by atoms with van der Waals surface area (Å²) in [6.07, 6.45) is 0. The lowest BCUT2D eigenvalue weighted by Crippen LogP contribution is -2.13. The van der Waals surface area contributed by atoms with Gasteiger partial charge in [0.25, 0.3) is 5.91 Å². The average Bonchev–Trinajstić information content (AvgIpc) is 2.71. The molecule has 1 aromatic heterocycles. The molecule has 18 heavy (non-hydrogen) atoms. The van der Waals surface area contributed by atoms with E-state index >= 15 is 0 Å². The number of methoxy groups -OCH3 is 1. The van der Waals surface area contributed by atoms with Gasteiger partial charge >= 0.3 is 0 Å². The molecule has 0 radical (unpaired) electrons. The molecule has 1 aromatic carbocycles. The summed E-state index contributed by atoms with van der Waals surface area (Å²) in [6.45, 7) is 0. The number of ether oxygens (including phenoxy) is 1. The van der Waals surface area contributed by atoms with Crippen molar-refractivity contribution in [3.8, 4) is 5.75 Å². The van der Waals surface area contributed by atoms with Gasteiger partial charge in [-0.1, -0.05) is 23.2 Å². The smallest absolute Gasteiger partial charge is 0.291 e. The van der Waals surface area contributed by atoms with Crippen LogP contribution in [-0.2, 0) is 0 Å². The van der Waals surface area contributed by atoms with Crippen LogP contribution in [0.15, 0.2) is 24.3 Å². The van der Waals surface area contributed by atoms with Crippen molar-refractivity contribution in [2.45, 2.75) is 0 Å². The van der Waals surface area contributed by atoms with E-state index in [1.807, 2.05) is 0 Å². The van der Waals surface area contributed by atoms with Gasteiger partial charge in [0, 0.05) is 5.69 Å². The van der Waals surface area contributed by atoms with E-state index in [4.69, 9.17) is 27.9 Å². The van der Waals surface area contributed by atoms with Crippen molar-refractivity contribution in [2.24, 2.45) is 0 Å². The molecule has 1 heterocycles. The molecule has 94 valence electrons. The van der Waals surface area contributed by atoms with Crippen LogP contribution in [-0.4, -0.2) is 23.0 Å². The molecule has 5 nitrogen and oxygen atoms in total. The summed E-state index contributed by atoms with van der Waals surface area (Å²) in [5, 5.41) is 2.85. The zero-order valence-electron chi connectivity index (χ0n) is 9.33. The number of nitrogens with zero attached hydrogens (tertiary/aromatic N) is 1. The van der Waals surface area contributed by atoms with Gasteiger partial charge in [-0.2, -0.15) is 0 Å². The van der Waals surface area contributed by atoms with Gasteiger partial charge in [0.1, 0.15) is 10.9 Å². The second-order valence-electron chi connectivity index (χ2n) is 3.37. The van der Waals surface area contributed by atoms with Crippen LogP contribution in [0.3, 0.4) is 0 Å². The topological polar surface area (TPSA) is 67.0 Å². The first-order chi connectivity index (χ1) is 8.60. The Morgan fingerprint density at radius 3 is 2.50 bits per heavy atom. The fraction of sp³-hybridized carbons (Fsp3) is 0.0909. The van der Waals surface area contributed by atoms with Crippen LogP contribution in [0.25, 0.3) is 0 Å². The third-order valence-corrected chi connectivity index (χ3v) is 2.83. The summed E-state index contributed by atoms with van der Waals surface area (Å²) in [5.74, 6) is 0.340. The van der Waals surface area contributed by atoms with Gasteiger partial charge in [-0.15, -0.1) is 0 Å². The highest BCUT2D eigenvalue weighted by atomic mass is 35.5. The van der Waals surface area contributed by atoms with Crippen molar-refractivity contribution in [2.75, 3.05) is 12.4 Å². The van der Waals surface area contributed by atoms with Gasteiger partial charge in [-0.05, 0) is 24.3 Å². The lowest BCUT2D eigenvalue weighted by molar-refractivity contribution is 0.101. The van der Waals surface area contributed by atoms with Crippen LogP contribution in [0.4, 0.5) is 5.69 Å². The normalized spacial score (nSPS) is 10.2. The maximum atomic E-state index is 11.8. The SMILES string of the molecule is COc1ccc(NC(=O)c2nc(Cl)c(Cl)[nH]2)cc1. The van der Waals surface area contributed by atoms with Crippen molar-refractivity contribution in [3.05, 3.63) is 40.4 Å². The fourth-order valence-corrected chi connectivity index (χ4v) is 1.57. The van der Waals surface area contributed by atoms with E-state index in [2.05, 4.69) is 15.3 Å². The Labute approximate surface area is 113 Å². The molecule has 0 saturated heterocycles. The largest absolute Gasteiger partial charge is 0.497 e. The Hall–Kier alpha value is -1.72. The number of anilines is 1. The molecule has 2 aromatic rings. The lowest BCUT2D eigenvalue weighted by atomic mass is 10.3. The van der Waals surface area contributed by atoms with Gasteiger partial charge in [-0.25, -0.2) is 4.98 Å². The van der Waals surface area contributed by atoms with Crippen molar-refractivity contribution >= 4 is 34.8 Å². The number of carbonyl (C=O) groups is 1. The number of benzene rings is 1. The third-order valence-electron chi connectivity index (χ3n) is 2.18. The molecule has 0 spiro atoms. The Morgan fingerprint density at radius 1 is 1.33 bits per heavy atom. The molecule has 0 saturated carbocycles. The van der Waals surface area contributed by atoms with E-state index in [-0.39, 0.29) is 16.1 Å². The summed E-state index contributed by atoms with van der Waals surface area (Å²) < 4.78 is 5.01. The minimum atomic E-state index is -0.422. The van der Waals surface area contributed by atoms with E-state index in [1.54, 1.807) is 31.4 Å². The van der Waals surface area contributed by atoms with Crippen molar-refractivity contribution in [1.82, 2.24) is 9.97 Å². The van der Waals surface area contributed by atoms with E-state index in [1.165, 1.54) is 0 Å². The number of aromatic amines is 1. The number of amides is 1. The van der Waals surface area contributed by atoms with Crippen LogP contribution in [0.5, 0.6) is 5.75 Å². The second-order valence-corrected chi connectivity index (χ2v) is 4.11. The molecule has 2 rings (SSSR count). The van der Waals surface area contributed by atoms with E-state index in [0.29, 0.717) is 11.4 Å². The van der Waals surface area contributed by atoms with Crippen LogP contribution in [0.2, 0.25) is 10.3 Å². The molecule has 0 atom stereocenters. The zero-order chi connectivity index (χ0) is 13.1. The van der Waals surface area contributed by atoms with Gasteiger partial charge in [0.15, 0.2) is 11.0 Å². The molecular weight excluding hydrogens is 277 g/mol. The van der Waals surface area contributed by atoms with Gasteiger partial charge < -0.3 is 15.0 Å². The Kier molecular flexibility index (Phi) is 3.74. The first-order valence-corrected chi connectivity index (χ1v) is 5.72. The molecule has 0 aliphatic carbocycles. The van der Waals surface area contributed by atoms with Crippen molar-refractivity contribution in [1.29, 1.82) is 0 Å². The van der Waals surface area contributed by atoms with Crippen molar-refractivity contribution < 1.29 is 9.53 Å². The van der Waals surface area contributed by atoms with Crippen LogP contribution in [0, 0.1) is 0 Å². The average molecular weight is 286 g/mol. The van der Waals surface area contributed by atoms with E-state index in [9.17, 15) is 4.79 Å². The number of imidazole rings is 1. The molecule has 0 unspecified atom stereocenters. The number of rotatable bonds is 3. The molecule has 0 aliphatic rings. The van der Waals surface area contributed by atoms with Crippen LogP contribution in [0.1, 0.15) is 10.6 Å². The van der Waals surface area contributed by atoms with Crippen LogP contribution < -0.4 is 10.1 Å². The minimum Gasteiger partial charge on any atom is -0.497 e. The summed E-state index contributed by atoms with van der Waals surface area (Å²) in [5.41, 5.74) is 0.615. The minimum absolute atomic E-state index is 0.0563. The highest BCUT2D eigenvalue weighted by molar-refractivity contribution is 6.40. The number of carbonyl (C=O) groups excluding carboxylic acids is 1. The van der Waals surface area contributed by atoms with Crippen molar-refractivity contribution in [3.63, 3.8) is 0 Å². The predicted molar refractivity (Wildman–Crippen MR) is 69.6 cm³/mol. The standard InChI is InChI=1S/C11H9Cl2N3O2/c1-18-7-4-2-6(3-5-7)14-11(17)10-15-8(12)9(13)16-10/h2-5H,1H3,(H,14,17)(H,15,16). The Balaban J connectivity index is 2.10. The first-order valence-electron chi connectivity index (χ1n) is 4.96. The number of hydrogen-bond donors (Lipinski definition) is 2. The number of nitrogens with one attached hydrogen (secondary N) is 2. The lowest BCUT2D eigenvalue weighted by Gasteiger charge is -2.04. The predicted octanol–water partition coefficient (Wildman–Crippen LogP) is 2.98. The maximum absolute atomic E-state index is 11.8. The molecule has 0 aliphatic heterocycles. The van der Waals surface area contributed by atoms with E-state index in [0.717, 1.165) is 0 Å². The maximum Gasteiger partial charge on any atom is 0.291 e. The summed E-state index contributed by atoms with van der Waals surface area (Å²) in [4.78, 5) is 18.1. The molecular formula is C11H9Cl2N3O2. The summed E-state index contributed by atoms with van der Waals surface area (Å²) in [6, 6.07) is 6.89. The number of halogens is 2. The highest BCUT2D eigenvalue weighted by Gasteiger charge is 2.13. The zero-order valence-corrected chi connectivity index (χ0v) is 10.8. The molecule has 0 bridgehead atoms. The number of aromatic nitrogens is 2. The van der Waals surface area contributed by atoms with Gasteiger partial charge in [-0.3, -0.25) is 4.79 Å². The van der Waals surface area contributed by atoms with Crippen LogP contribution >= 0.6 is 23.2 Å². The molecule has 0 fully saturated rings. The Bertz CT molecular complexity index is 547. The molecule has 7 heteroatoms. The number of hydrogen-bond acceptors (Lipinski definition) is 3. The Morgan fingerprint density at radius 2 is 2.00 bits per heavy atom. The third kappa shape index (κ3) is 2.75. The summed E-state index contributed by atoms with van der Waals surface area (Å²) in [7, 11) is 1.57. The number of H-pyrrole nitrogens is 1. The summed E-state index contributed by atoms with van der Waals surface area (Å²) >= 11 is 11.3. The molecule has 1 amide bonds. The fourth-order valence-electron chi connectivity index (χ4n) is 1.30. The second kappa shape index (κ2) is 5.29. The monoisotopic (exact) mass is 285 g/mol. The first kappa shape index (κ1) is 12.7. The van der Waals surface area contributed by atoms with Gasteiger partial charge in [0.05, 0.1) is 7.11 Å². The highest BCUT2D eigenvalue weighted by Crippen LogP contribution is 2.19. The quantitative estimate of drug-likeness (QED) is 0.911.